The summed E-state index contributed by atoms with van der Waals surface area (Å²) in [5.41, 5.74) is 9.98. The van der Waals surface area contributed by atoms with Gasteiger partial charge in [-0.3, -0.25) is 0 Å². The van der Waals surface area contributed by atoms with Gasteiger partial charge >= 0.3 is 6.36 Å². The largest absolute Gasteiger partial charge is 0.573 e. The fraction of sp³-hybridized carbons (Fsp3) is 0.548. The van der Waals surface area contributed by atoms with E-state index in [-0.39, 0.29) is 5.75 Å². The van der Waals surface area contributed by atoms with Gasteiger partial charge in [0.2, 0.25) is 0 Å². The molecule has 2 aromatic carbocycles. The van der Waals surface area contributed by atoms with Crippen molar-refractivity contribution in [3.8, 4) is 16.9 Å². The highest BCUT2D eigenvalue weighted by atomic mass is 19.4. The highest BCUT2D eigenvalue weighted by Crippen LogP contribution is 2.42. The van der Waals surface area contributed by atoms with Crippen LogP contribution in [0.15, 0.2) is 48.7 Å². The van der Waals surface area contributed by atoms with Crippen LogP contribution >= 0.6 is 0 Å². The molecule has 2 fully saturated rings. The third kappa shape index (κ3) is 6.55. The molecule has 2 aliphatic rings. The van der Waals surface area contributed by atoms with Gasteiger partial charge < -0.3 is 20.4 Å². The Hall–Kier alpha value is -2.51. The number of nitrogens with one attached hydrogen (secondary N) is 1. The van der Waals surface area contributed by atoms with Crippen molar-refractivity contribution in [3.05, 3.63) is 54.2 Å². The predicted molar refractivity (Wildman–Crippen MR) is 147 cm³/mol. The SMILES string of the molecule is NCCCNC1CCCC(c2cn(C3CCCCCC3)c3ccc(-c4cccc(OC(F)(F)F)c4)cc23)C1. The number of benzene rings is 2. The summed E-state index contributed by atoms with van der Waals surface area (Å²) in [6, 6.07) is 13.7. The summed E-state index contributed by atoms with van der Waals surface area (Å²) in [5, 5.41) is 4.96. The summed E-state index contributed by atoms with van der Waals surface area (Å²) in [6.45, 7) is 1.66. The maximum absolute atomic E-state index is 12.8. The Labute approximate surface area is 223 Å². The van der Waals surface area contributed by atoms with Crippen molar-refractivity contribution in [1.82, 2.24) is 9.88 Å². The Morgan fingerprint density at radius 2 is 1.71 bits per heavy atom. The van der Waals surface area contributed by atoms with E-state index in [1.54, 1.807) is 6.07 Å². The van der Waals surface area contributed by atoms with Gasteiger partial charge in [0.1, 0.15) is 5.75 Å². The molecule has 0 radical (unpaired) electrons. The molecule has 3 aromatic rings. The van der Waals surface area contributed by atoms with E-state index in [0.717, 1.165) is 36.9 Å². The van der Waals surface area contributed by atoms with Gasteiger partial charge in [-0.15, -0.1) is 13.2 Å². The maximum atomic E-state index is 12.8. The van der Waals surface area contributed by atoms with E-state index in [1.807, 2.05) is 12.1 Å². The Kier molecular flexibility index (Phi) is 8.64. The van der Waals surface area contributed by atoms with E-state index in [2.05, 4.69) is 33.0 Å². The van der Waals surface area contributed by atoms with E-state index in [4.69, 9.17) is 5.73 Å². The second kappa shape index (κ2) is 12.1. The first-order valence-corrected chi connectivity index (χ1v) is 14.4. The summed E-state index contributed by atoms with van der Waals surface area (Å²) in [7, 11) is 0. The molecule has 1 heterocycles. The first-order chi connectivity index (χ1) is 18.4. The normalized spacial score (nSPS) is 21.5. The summed E-state index contributed by atoms with van der Waals surface area (Å²) >= 11 is 0. The fourth-order valence-corrected chi connectivity index (χ4v) is 6.56. The summed E-state index contributed by atoms with van der Waals surface area (Å²) < 4.78 is 45.3. The van der Waals surface area contributed by atoms with Gasteiger partial charge in [-0.2, -0.15) is 0 Å². The average molecular weight is 528 g/mol. The third-order valence-electron chi connectivity index (χ3n) is 8.41. The number of rotatable bonds is 8. The number of alkyl halides is 3. The van der Waals surface area contributed by atoms with Gasteiger partial charge in [-0.05, 0) is 98.5 Å². The number of hydrogen-bond acceptors (Lipinski definition) is 3. The number of nitrogens with two attached hydrogens (primary N) is 1. The topological polar surface area (TPSA) is 52.2 Å². The van der Waals surface area contributed by atoms with Crippen LogP contribution in [0.5, 0.6) is 5.75 Å². The highest BCUT2D eigenvalue weighted by Gasteiger charge is 2.31. The first kappa shape index (κ1) is 27.1. The molecule has 0 amide bonds. The lowest BCUT2D eigenvalue weighted by atomic mass is 9.81. The average Bonchev–Trinajstić information content (AvgIpc) is 3.06. The lowest BCUT2D eigenvalue weighted by molar-refractivity contribution is -0.274. The number of nitrogens with zero attached hydrogens (tertiary/aromatic N) is 1. The van der Waals surface area contributed by atoms with Crippen molar-refractivity contribution in [2.24, 2.45) is 5.73 Å². The minimum atomic E-state index is -4.71. The summed E-state index contributed by atoms with van der Waals surface area (Å²) in [5.74, 6) is 0.272. The molecule has 2 unspecified atom stereocenters. The van der Waals surface area contributed by atoms with E-state index >= 15 is 0 Å². The van der Waals surface area contributed by atoms with Crippen LogP contribution in [-0.4, -0.2) is 30.1 Å². The van der Waals surface area contributed by atoms with Gasteiger partial charge in [0.05, 0.1) is 0 Å². The molecule has 2 aliphatic carbocycles. The van der Waals surface area contributed by atoms with Crippen molar-refractivity contribution in [1.29, 1.82) is 0 Å². The van der Waals surface area contributed by atoms with Crippen molar-refractivity contribution in [2.75, 3.05) is 13.1 Å². The Morgan fingerprint density at radius 1 is 0.921 bits per heavy atom. The predicted octanol–water partition coefficient (Wildman–Crippen LogP) is 8.07. The number of hydrogen-bond donors (Lipinski definition) is 2. The van der Waals surface area contributed by atoms with E-state index in [1.165, 1.54) is 80.0 Å². The molecular formula is C31H40F3N3O. The Balaban J connectivity index is 1.51. The van der Waals surface area contributed by atoms with Crippen LogP contribution in [0.4, 0.5) is 13.2 Å². The number of aromatic nitrogens is 1. The zero-order valence-electron chi connectivity index (χ0n) is 22.1. The minimum absolute atomic E-state index is 0.190. The van der Waals surface area contributed by atoms with Gasteiger partial charge in [-0.1, -0.05) is 50.3 Å². The molecule has 38 heavy (non-hydrogen) atoms. The molecule has 0 saturated heterocycles. The quantitative estimate of drug-likeness (QED) is 0.230. The monoisotopic (exact) mass is 527 g/mol. The minimum Gasteiger partial charge on any atom is -0.406 e. The molecular weight excluding hydrogens is 487 g/mol. The van der Waals surface area contributed by atoms with E-state index < -0.39 is 6.36 Å². The van der Waals surface area contributed by atoms with Gasteiger partial charge in [0, 0.05) is 29.2 Å². The van der Waals surface area contributed by atoms with Crippen LogP contribution in [-0.2, 0) is 0 Å². The van der Waals surface area contributed by atoms with Crippen LogP contribution in [0.2, 0.25) is 0 Å². The molecule has 3 N–H and O–H groups in total. The summed E-state index contributed by atoms with van der Waals surface area (Å²) in [4.78, 5) is 0. The van der Waals surface area contributed by atoms with Gasteiger partial charge in [0.15, 0.2) is 0 Å². The van der Waals surface area contributed by atoms with Gasteiger partial charge in [-0.25, -0.2) is 0 Å². The smallest absolute Gasteiger partial charge is 0.406 e. The standard InChI is InChI=1S/C31H40F3N3O/c32-31(33,34)38-27-13-6-8-22(19-27)23-14-15-30-28(20-23)29(21-37(30)26-11-3-1-2-4-12-26)24-9-5-10-25(18-24)36-17-7-16-35/h6,8,13-15,19-21,24-26,36H,1-5,7,9-12,16-18,35H2. The van der Waals surface area contributed by atoms with Crippen LogP contribution in [0.25, 0.3) is 22.0 Å². The van der Waals surface area contributed by atoms with Crippen molar-refractivity contribution in [2.45, 2.75) is 95.0 Å². The zero-order chi connectivity index (χ0) is 26.5. The molecule has 7 heteroatoms. The summed E-state index contributed by atoms with van der Waals surface area (Å²) in [6.07, 6.45) is 10.9. The van der Waals surface area contributed by atoms with E-state index in [0.29, 0.717) is 24.5 Å². The van der Waals surface area contributed by atoms with Crippen molar-refractivity contribution < 1.29 is 17.9 Å². The molecule has 2 saturated carbocycles. The molecule has 5 rings (SSSR count). The zero-order valence-corrected chi connectivity index (χ0v) is 22.1. The van der Waals surface area contributed by atoms with Crippen LogP contribution in [0, 0.1) is 0 Å². The van der Waals surface area contributed by atoms with Crippen LogP contribution < -0.4 is 15.8 Å². The van der Waals surface area contributed by atoms with Crippen molar-refractivity contribution >= 4 is 10.9 Å². The third-order valence-corrected chi connectivity index (χ3v) is 8.41. The van der Waals surface area contributed by atoms with Crippen LogP contribution in [0.3, 0.4) is 0 Å². The van der Waals surface area contributed by atoms with Gasteiger partial charge in [0.25, 0.3) is 0 Å². The van der Waals surface area contributed by atoms with E-state index in [9.17, 15) is 13.2 Å². The number of halogens is 3. The number of fused-ring (bicyclic) bond motifs is 1. The lowest BCUT2D eigenvalue weighted by Gasteiger charge is -2.30. The molecule has 2 atom stereocenters. The fourth-order valence-electron chi connectivity index (χ4n) is 6.56. The molecule has 0 aliphatic heterocycles. The Morgan fingerprint density at radius 3 is 2.47 bits per heavy atom. The maximum Gasteiger partial charge on any atom is 0.573 e. The second-order valence-electron chi connectivity index (χ2n) is 11.1. The molecule has 206 valence electrons. The van der Waals surface area contributed by atoms with Crippen LogP contribution in [0.1, 0.15) is 88.2 Å². The molecule has 0 spiro atoms. The first-order valence-electron chi connectivity index (χ1n) is 14.4. The molecule has 1 aromatic heterocycles. The molecule has 4 nitrogen and oxygen atoms in total. The second-order valence-corrected chi connectivity index (χ2v) is 11.1. The Bertz CT molecular complexity index is 1200. The lowest BCUT2D eigenvalue weighted by Crippen LogP contribution is -2.34. The van der Waals surface area contributed by atoms with Crippen molar-refractivity contribution in [3.63, 3.8) is 0 Å². The molecule has 0 bridgehead atoms. The highest BCUT2D eigenvalue weighted by molar-refractivity contribution is 5.89. The number of ether oxygens (including phenoxy) is 1.